The molecule has 0 aromatic heterocycles. The lowest BCUT2D eigenvalue weighted by Crippen LogP contribution is -2.49. The molecule has 31 heavy (non-hydrogen) atoms. The number of ether oxygens (including phenoxy) is 1. The van der Waals surface area contributed by atoms with E-state index in [1.165, 1.54) is 36.1 Å². The zero-order chi connectivity index (χ0) is 21.8. The average Bonchev–Trinajstić information content (AvgIpc) is 3.01. The van der Waals surface area contributed by atoms with Gasteiger partial charge in [0.05, 0.1) is 5.92 Å². The molecule has 1 aromatic carbocycles. The highest BCUT2D eigenvalue weighted by atomic mass is 16.6. The maximum atomic E-state index is 12.9. The Hall–Kier alpha value is -1.81. The molecule has 0 radical (unpaired) electrons. The van der Waals surface area contributed by atoms with Gasteiger partial charge in [-0.1, -0.05) is 35.8 Å². The van der Waals surface area contributed by atoms with Gasteiger partial charge >= 0.3 is 5.97 Å². The Labute approximate surface area is 187 Å². The standard InChI is InChI=1S/C27H38N2O2/c1-18-7-8-24(20(3)14-18)29-12-10-28(11-13-29)17-22-21-15-23-19(2)6-5-9-27(23,4)16-25(21)31-26(22)30/h7-8,14,21-22,25H,5-6,9-13,15-17H2,1-4H3/t21-,22-,25-,27-/m1/s1. The summed E-state index contributed by atoms with van der Waals surface area (Å²) in [6, 6.07) is 6.75. The van der Waals surface area contributed by atoms with Gasteiger partial charge in [-0.3, -0.25) is 9.69 Å². The maximum absolute atomic E-state index is 12.9. The number of esters is 1. The van der Waals surface area contributed by atoms with Crippen LogP contribution in [0.25, 0.3) is 0 Å². The molecule has 1 aromatic rings. The first kappa shape index (κ1) is 21.1. The molecule has 2 aliphatic heterocycles. The molecule has 0 N–H and O–H groups in total. The minimum Gasteiger partial charge on any atom is -0.462 e. The van der Waals surface area contributed by atoms with E-state index in [0.29, 0.717) is 5.92 Å². The summed E-state index contributed by atoms with van der Waals surface area (Å²) in [5.41, 5.74) is 7.54. The predicted molar refractivity (Wildman–Crippen MR) is 125 cm³/mol. The molecule has 0 amide bonds. The number of hydrogen-bond acceptors (Lipinski definition) is 4. The molecule has 1 saturated carbocycles. The largest absolute Gasteiger partial charge is 0.462 e. The number of carbonyl (C=O) groups is 1. The lowest BCUT2D eigenvalue weighted by atomic mass is 9.59. The van der Waals surface area contributed by atoms with Crippen molar-refractivity contribution in [1.29, 1.82) is 0 Å². The van der Waals surface area contributed by atoms with Crippen molar-refractivity contribution in [2.24, 2.45) is 17.3 Å². The number of carbonyl (C=O) groups excluding carboxylic acids is 1. The molecule has 4 atom stereocenters. The van der Waals surface area contributed by atoms with Crippen LogP contribution in [0, 0.1) is 31.1 Å². The Morgan fingerprint density at radius 1 is 1.13 bits per heavy atom. The van der Waals surface area contributed by atoms with Gasteiger partial charge in [0.25, 0.3) is 0 Å². The molecule has 4 aliphatic rings. The third-order valence-electron chi connectivity index (χ3n) is 8.70. The zero-order valence-electron chi connectivity index (χ0n) is 19.7. The van der Waals surface area contributed by atoms with E-state index in [-0.39, 0.29) is 23.4 Å². The van der Waals surface area contributed by atoms with Crippen molar-refractivity contribution in [3.05, 3.63) is 40.5 Å². The molecule has 0 unspecified atom stereocenters. The summed E-state index contributed by atoms with van der Waals surface area (Å²) in [6.07, 6.45) is 6.02. The molecule has 2 aliphatic carbocycles. The van der Waals surface area contributed by atoms with Gasteiger partial charge in [0.2, 0.25) is 0 Å². The van der Waals surface area contributed by atoms with E-state index in [1.807, 2.05) is 0 Å². The molecular formula is C27H38N2O2. The van der Waals surface area contributed by atoms with Gasteiger partial charge in [0.1, 0.15) is 6.10 Å². The minimum atomic E-state index is 0.0458. The number of aryl methyl sites for hydroxylation is 2. The molecule has 4 heteroatoms. The van der Waals surface area contributed by atoms with Crippen molar-refractivity contribution < 1.29 is 9.53 Å². The summed E-state index contributed by atoms with van der Waals surface area (Å²) in [5, 5.41) is 0. The maximum Gasteiger partial charge on any atom is 0.310 e. The number of allylic oxidation sites excluding steroid dienone is 2. The molecule has 168 valence electrons. The average molecular weight is 423 g/mol. The van der Waals surface area contributed by atoms with E-state index >= 15 is 0 Å². The third-order valence-corrected chi connectivity index (χ3v) is 8.70. The lowest BCUT2D eigenvalue weighted by molar-refractivity contribution is -0.145. The number of piperazine rings is 1. The van der Waals surface area contributed by atoms with Crippen LogP contribution in [0.2, 0.25) is 0 Å². The highest BCUT2D eigenvalue weighted by molar-refractivity contribution is 5.76. The van der Waals surface area contributed by atoms with Gasteiger partial charge in [0, 0.05) is 44.3 Å². The number of fused-ring (bicyclic) bond motifs is 2. The van der Waals surface area contributed by atoms with Crippen LogP contribution < -0.4 is 4.90 Å². The van der Waals surface area contributed by atoms with Crippen LogP contribution in [-0.2, 0) is 9.53 Å². The summed E-state index contributed by atoms with van der Waals surface area (Å²) in [4.78, 5) is 17.9. The monoisotopic (exact) mass is 422 g/mol. The Bertz CT molecular complexity index is 898. The van der Waals surface area contributed by atoms with Crippen molar-refractivity contribution in [3.8, 4) is 0 Å². The number of anilines is 1. The topological polar surface area (TPSA) is 32.8 Å². The van der Waals surface area contributed by atoms with E-state index in [9.17, 15) is 4.79 Å². The fraction of sp³-hybridized carbons (Fsp3) is 0.667. The van der Waals surface area contributed by atoms with Crippen molar-refractivity contribution in [2.45, 2.75) is 65.9 Å². The third kappa shape index (κ3) is 3.82. The van der Waals surface area contributed by atoms with Gasteiger partial charge in [-0.05, 0) is 69.9 Å². The predicted octanol–water partition coefficient (Wildman–Crippen LogP) is 4.88. The highest BCUT2D eigenvalue weighted by Gasteiger charge is 2.53. The van der Waals surface area contributed by atoms with E-state index in [2.05, 4.69) is 55.7 Å². The molecule has 5 rings (SSSR count). The Morgan fingerprint density at radius 2 is 1.90 bits per heavy atom. The van der Waals surface area contributed by atoms with Crippen molar-refractivity contribution in [3.63, 3.8) is 0 Å². The smallest absolute Gasteiger partial charge is 0.310 e. The Kier molecular flexibility index (Phi) is 5.40. The fourth-order valence-corrected chi connectivity index (χ4v) is 6.93. The van der Waals surface area contributed by atoms with Crippen molar-refractivity contribution in [2.75, 3.05) is 37.6 Å². The summed E-state index contributed by atoms with van der Waals surface area (Å²) >= 11 is 0. The van der Waals surface area contributed by atoms with E-state index in [4.69, 9.17) is 4.74 Å². The van der Waals surface area contributed by atoms with Crippen LogP contribution in [0.5, 0.6) is 0 Å². The van der Waals surface area contributed by atoms with Crippen LogP contribution in [-0.4, -0.2) is 49.7 Å². The van der Waals surface area contributed by atoms with Gasteiger partial charge in [-0.15, -0.1) is 0 Å². The second kappa shape index (κ2) is 7.95. The molecule has 4 nitrogen and oxygen atoms in total. The van der Waals surface area contributed by atoms with Gasteiger partial charge in [0.15, 0.2) is 0 Å². The number of nitrogens with zero attached hydrogens (tertiary/aromatic N) is 2. The first-order valence-corrected chi connectivity index (χ1v) is 12.3. The van der Waals surface area contributed by atoms with Gasteiger partial charge in [-0.25, -0.2) is 0 Å². The normalized spacial score (nSPS) is 33.9. The van der Waals surface area contributed by atoms with Crippen LogP contribution in [0.4, 0.5) is 5.69 Å². The van der Waals surface area contributed by atoms with Crippen LogP contribution in [0.3, 0.4) is 0 Å². The summed E-state index contributed by atoms with van der Waals surface area (Å²) in [5.74, 6) is 0.484. The van der Waals surface area contributed by atoms with E-state index in [0.717, 1.165) is 45.6 Å². The lowest BCUT2D eigenvalue weighted by Gasteiger charge is -2.46. The second-order valence-corrected chi connectivity index (χ2v) is 10.9. The van der Waals surface area contributed by atoms with E-state index in [1.54, 1.807) is 11.1 Å². The summed E-state index contributed by atoms with van der Waals surface area (Å²) in [6.45, 7) is 14.1. The molecule has 0 spiro atoms. The number of rotatable bonds is 3. The van der Waals surface area contributed by atoms with E-state index < -0.39 is 0 Å². The summed E-state index contributed by atoms with van der Waals surface area (Å²) in [7, 11) is 0. The van der Waals surface area contributed by atoms with Gasteiger partial charge < -0.3 is 9.64 Å². The molecule has 3 fully saturated rings. The quantitative estimate of drug-likeness (QED) is 0.513. The van der Waals surface area contributed by atoms with Crippen molar-refractivity contribution >= 4 is 11.7 Å². The molecule has 2 saturated heterocycles. The van der Waals surface area contributed by atoms with Crippen LogP contribution in [0.15, 0.2) is 29.3 Å². The highest BCUT2D eigenvalue weighted by Crippen LogP contribution is 2.55. The molecule has 0 bridgehead atoms. The van der Waals surface area contributed by atoms with Crippen molar-refractivity contribution in [1.82, 2.24) is 4.90 Å². The van der Waals surface area contributed by atoms with Gasteiger partial charge in [-0.2, -0.15) is 0 Å². The summed E-state index contributed by atoms with van der Waals surface area (Å²) < 4.78 is 5.99. The Balaban J connectivity index is 1.24. The number of benzene rings is 1. The molecule has 2 heterocycles. The van der Waals surface area contributed by atoms with Crippen LogP contribution in [0.1, 0.15) is 57.1 Å². The Morgan fingerprint density at radius 3 is 2.65 bits per heavy atom. The number of hydrogen-bond donors (Lipinski definition) is 0. The fourth-order valence-electron chi connectivity index (χ4n) is 6.93. The van der Waals surface area contributed by atoms with Crippen LogP contribution >= 0.6 is 0 Å². The SMILES string of the molecule is CC1=C2C[C@H]3[C@@H](C[C@@]2(C)CCC1)OC(=O)[C@@H]3CN1CCN(c2ccc(C)cc2C)CC1. The zero-order valence-corrected chi connectivity index (χ0v) is 19.7. The molecular weight excluding hydrogens is 384 g/mol. The second-order valence-electron chi connectivity index (χ2n) is 10.9. The first-order chi connectivity index (χ1) is 14.8. The first-order valence-electron chi connectivity index (χ1n) is 12.3. The minimum absolute atomic E-state index is 0.0458.